The summed E-state index contributed by atoms with van der Waals surface area (Å²) in [4.78, 5) is 22.5. The number of carboxylic acids is 1. The first-order valence-electron chi connectivity index (χ1n) is 6.75. The van der Waals surface area contributed by atoms with Crippen LogP contribution in [-0.2, 0) is 4.79 Å². The molecule has 5 nitrogen and oxygen atoms in total. The van der Waals surface area contributed by atoms with E-state index in [1.54, 1.807) is 12.1 Å². The number of aromatic carboxylic acids is 1. The largest absolute Gasteiger partial charge is 0.475 e. The zero-order valence-corrected chi connectivity index (χ0v) is 12.0. The fraction of sp³-hybridized carbons (Fsp3) is 0.250. The van der Waals surface area contributed by atoms with Crippen LogP contribution in [0, 0.1) is 6.92 Å². The van der Waals surface area contributed by atoms with Crippen LogP contribution in [-0.4, -0.2) is 17.0 Å². The van der Waals surface area contributed by atoms with E-state index in [-0.39, 0.29) is 11.7 Å². The lowest BCUT2D eigenvalue weighted by molar-refractivity contribution is -0.116. The Balaban J connectivity index is 2.28. The highest BCUT2D eigenvalue weighted by atomic mass is 16.4. The van der Waals surface area contributed by atoms with Crippen LogP contribution in [0.25, 0.3) is 11.3 Å². The molecule has 0 bridgehead atoms. The van der Waals surface area contributed by atoms with E-state index in [2.05, 4.69) is 5.32 Å². The standard InChI is InChI=1S/C16H17NO4/c1-3-4-15(18)17-12-9-11(6-5-10(12)2)13-7-8-14(21-13)16(19)20/h5-9H,3-4H2,1-2H3,(H,17,18)(H,19,20). The molecule has 21 heavy (non-hydrogen) atoms. The third kappa shape index (κ3) is 3.51. The number of anilines is 1. The number of aryl methyl sites for hydroxylation is 1. The molecular weight excluding hydrogens is 270 g/mol. The van der Waals surface area contributed by atoms with Crippen LogP contribution >= 0.6 is 0 Å². The van der Waals surface area contributed by atoms with Gasteiger partial charge in [0, 0.05) is 17.7 Å². The zero-order valence-electron chi connectivity index (χ0n) is 12.0. The predicted molar refractivity (Wildman–Crippen MR) is 79.4 cm³/mol. The average Bonchev–Trinajstić information content (AvgIpc) is 2.91. The molecule has 2 aromatic rings. The molecule has 1 heterocycles. The number of amides is 1. The Morgan fingerprint density at radius 3 is 2.62 bits per heavy atom. The Morgan fingerprint density at radius 1 is 1.24 bits per heavy atom. The van der Waals surface area contributed by atoms with Crippen LogP contribution in [0.1, 0.15) is 35.9 Å². The second kappa shape index (κ2) is 6.26. The molecule has 1 aromatic heterocycles. The van der Waals surface area contributed by atoms with Gasteiger partial charge < -0.3 is 14.8 Å². The summed E-state index contributed by atoms with van der Waals surface area (Å²) in [6.07, 6.45) is 1.25. The summed E-state index contributed by atoms with van der Waals surface area (Å²) in [6, 6.07) is 8.49. The van der Waals surface area contributed by atoms with Crippen LogP contribution in [0.5, 0.6) is 0 Å². The Kier molecular flexibility index (Phi) is 4.42. The van der Waals surface area contributed by atoms with Gasteiger partial charge in [0.15, 0.2) is 0 Å². The summed E-state index contributed by atoms with van der Waals surface area (Å²) in [5.41, 5.74) is 2.37. The highest BCUT2D eigenvalue weighted by Crippen LogP contribution is 2.27. The number of rotatable bonds is 5. The number of hydrogen-bond acceptors (Lipinski definition) is 3. The Bertz CT molecular complexity index is 673. The van der Waals surface area contributed by atoms with Gasteiger partial charge in [0.25, 0.3) is 0 Å². The monoisotopic (exact) mass is 287 g/mol. The molecule has 1 amide bonds. The average molecular weight is 287 g/mol. The Morgan fingerprint density at radius 2 is 2.00 bits per heavy atom. The Hall–Kier alpha value is -2.56. The smallest absolute Gasteiger partial charge is 0.371 e. The number of benzene rings is 1. The molecule has 0 radical (unpaired) electrons. The van der Waals surface area contributed by atoms with Crippen LogP contribution in [0.3, 0.4) is 0 Å². The van der Waals surface area contributed by atoms with Gasteiger partial charge in [-0.25, -0.2) is 4.79 Å². The molecule has 5 heteroatoms. The molecular formula is C16H17NO4. The Labute approximate surface area is 122 Å². The first-order chi connectivity index (χ1) is 10.0. The van der Waals surface area contributed by atoms with Crippen molar-refractivity contribution in [2.24, 2.45) is 0 Å². The molecule has 0 atom stereocenters. The minimum absolute atomic E-state index is 0.0385. The van der Waals surface area contributed by atoms with Crippen LogP contribution in [0.2, 0.25) is 0 Å². The maximum atomic E-state index is 11.7. The fourth-order valence-corrected chi connectivity index (χ4v) is 1.96. The maximum absolute atomic E-state index is 11.7. The molecule has 0 fully saturated rings. The van der Waals surface area contributed by atoms with Crippen molar-refractivity contribution in [1.82, 2.24) is 0 Å². The lowest BCUT2D eigenvalue weighted by Crippen LogP contribution is -2.11. The number of carbonyl (C=O) groups excluding carboxylic acids is 1. The van der Waals surface area contributed by atoms with Crippen molar-refractivity contribution in [3.8, 4) is 11.3 Å². The molecule has 0 saturated heterocycles. The molecule has 0 aliphatic rings. The summed E-state index contributed by atoms with van der Waals surface area (Å²) in [7, 11) is 0. The van der Waals surface area contributed by atoms with E-state index in [1.165, 1.54) is 6.07 Å². The number of hydrogen-bond donors (Lipinski definition) is 2. The van der Waals surface area contributed by atoms with Gasteiger partial charge in [0.1, 0.15) is 5.76 Å². The molecule has 0 spiro atoms. The van der Waals surface area contributed by atoms with Gasteiger partial charge in [-0.2, -0.15) is 0 Å². The quantitative estimate of drug-likeness (QED) is 0.878. The van der Waals surface area contributed by atoms with Crippen molar-refractivity contribution in [1.29, 1.82) is 0 Å². The summed E-state index contributed by atoms with van der Waals surface area (Å²) in [5, 5.41) is 11.7. The van der Waals surface area contributed by atoms with Crippen LogP contribution in [0.4, 0.5) is 5.69 Å². The second-order valence-electron chi connectivity index (χ2n) is 4.80. The lowest BCUT2D eigenvalue weighted by atomic mass is 10.1. The SMILES string of the molecule is CCCC(=O)Nc1cc(-c2ccc(C(=O)O)o2)ccc1C. The van der Waals surface area contributed by atoms with Crippen molar-refractivity contribution in [3.05, 3.63) is 41.7 Å². The van der Waals surface area contributed by atoms with Gasteiger partial charge in [-0.3, -0.25) is 4.79 Å². The third-order valence-corrected chi connectivity index (χ3v) is 3.09. The molecule has 2 N–H and O–H groups in total. The molecule has 0 aliphatic heterocycles. The third-order valence-electron chi connectivity index (χ3n) is 3.09. The van der Waals surface area contributed by atoms with Gasteiger partial charge in [0.05, 0.1) is 0 Å². The number of furan rings is 1. The van der Waals surface area contributed by atoms with Gasteiger partial charge in [0.2, 0.25) is 11.7 Å². The maximum Gasteiger partial charge on any atom is 0.371 e. The summed E-state index contributed by atoms with van der Waals surface area (Å²) in [5.74, 6) is -0.797. The van der Waals surface area contributed by atoms with Crippen molar-refractivity contribution in [2.75, 3.05) is 5.32 Å². The van der Waals surface area contributed by atoms with Gasteiger partial charge >= 0.3 is 5.97 Å². The van der Waals surface area contributed by atoms with E-state index in [0.717, 1.165) is 17.5 Å². The molecule has 1 aromatic carbocycles. The fourth-order valence-electron chi connectivity index (χ4n) is 1.96. The van der Waals surface area contributed by atoms with Crippen molar-refractivity contribution in [2.45, 2.75) is 26.7 Å². The van der Waals surface area contributed by atoms with Gasteiger partial charge in [-0.15, -0.1) is 0 Å². The van der Waals surface area contributed by atoms with E-state index in [9.17, 15) is 9.59 Å². The molecule has 110 valence electrons. The highest BCUT2D eigenvalue weighted by molar-refractivity contribution is 5.92. The van der Waals surface area contributed by atoms with Crippen molar-refractivity contribution >= 4 is 17.6 Å². The van der Waals surface area contributed by atoms with Crippen LogP contribution < -0.4 is 5.32 Å². The summed E-state index contributed by atoms with van der Waals surface area (Å²) in [6.45, 7) is 3.84. The van der Waals surface area contributed by atoms with Gasteiger partial charge in [-0.1, -0.05) is 19.1 Å². The van der Waals surface area contributed by atoms with E-state index in [0.29, 0.717) is 17.9 Å². The van der Waals surface area contributed by atoms with E-state index >= 15 is 0 Å². The minimum Gasteiger partial charge on any atom is -0.475 e. The second-order valence-corrected chi connectivity index (χ2v) is 4.80. The van der Waals surface area contributed by atoms with Crippen LogP contribution in [0.15, 0.2) is 34.7 Å². The normalized spacial score (nSPS) is 10.4. The lowest BCUT2D eigenvalue weighted by Gasteiger charge is -2.09. The van der Waals surface area contributed by atoms with E-state index < -0.39 is 5.97 Å². The van der Waals surface area contributed by atoms with E-state index in [1.807, 2.05) is 26.0 Å². The molecule has 0 saturated carbocycles. The summed E-state index contributed by atoms with van der Waals surface area (Å²) < 4.78 is 5.27. The first-order valence-corrected chi connectivity index (χ1v) is 6.75. The van der Waals surface area contributed by atoms with Gasteiger partial charge in [-0.05, 0) is 37.1 Å². The minimum atomic E-state index is -1.11. The van der Waals surface area contributed by atoms with Crippen molar-refractivity contribution < 1.29 is 19.1 Å². The topological polar surface area (TPSA) is 79.5 Å². The highest BCUT2D eigenvalue weighted by Gasteiger charge is 2.12. The zero-order chi connectivity index (χ0) is 15.4. The number of nitrogens with one attached hydrogen (secondary N) is 1. The molecule has 0 unspecified atom stereocenters. The van der Waals surface area contributed by atoms with E-state index in [4.69, 9.17) is 9.52 Å². The predicted octanol–water partition coefficient (Wildman–Crippen LogP) is 3.69. The van der Waals surface area contributed by atoms with Crippen molar-refractivity contribution in [3.63, 3.8) is 0 Å². The first kappa shape index (κ1) is 14.8. The summed E-state index contributed by atoms with van der Waals surface area (Å²) >= 11 is 0. The number of carbonyl (C=O) groups is 2. The molecule has 0 aliphatic carbocycles. The molecule has 2 rings (SSSR count). The number of carboxylic acid groups (broad SMARTS) is 1.